The van der Waals surface area contributed by atoms with Gasteiger partial charge in [0.15, 0.2) is 0 Å². The van der Waals surface area contributed by atoms with Crippen LogP contribution in [0.25, 0.3) is 0 Å². The fraction of sp³-hybridized carbons (Fsp3) is 0.429. The predicted octanol–water partition coefficient (Wildman–Crippen LogP) is 3.91. The number of rotatable bonds is 0. The third-order valence-corrected chi connectivity index (χ3v) is 7.23. The smallest absolute Gasteiger partial charge is 0.323 e. The number of carbonyl (C=O) groups is 2. The first kappa shape index (κ1) is 17.7. The van der Waals surface area contributed by atoms with Gasteiger partial charge in [-0.3, -0.25) is 9.69 Å². The molecule has 5 rings (SSSR count). The molecule has 1 spiro atoms. The lowest BCUT2D eigenvalue weighted by molar-refractivity contribution is 0.102. The third kappa shape index (κ3) is 2.64. The van der Waals surface area contributed by atoms with Gasteiger partial charge in [-0.1, -0.05) is 12.1 Å². The number of carbonyl (C=O) groups excluding carboxylic acids is 2. The van der Waals surface area contributed by atoms with E-state index >= 15 is 0 Å². The number of para-hydroxylation sites is 2. The maximum atomic E-state index is 13.8. The molecule has 7 heteroatoms. The summed E-state index contributed by atoms with van der Waals surface area (Å²) < 4.78 is 0. The highest BCUT2D eigenvalue weighted by Gasteiger charge is 2.45. The van der Waals surface area contributed by atoms with Crippen LogP contribution in [-0.2, 0) is 0 Å². The highest BCUT2D eigenvalue weighted by atomic mass is 32.1. The minimum absolute atomic E-state index is 0.0295. The van der Waals surface area contributed by atoms with Crippen LogP contribution in [0.3, 0.4) is 0 Å². The number of nitrogens with zero attached hydrogens (tertiary/aromatic N) is 3. The number of benzene rings is 1. The summed E-state index contributed by atoms with van der Waals surface area (Å²) >= 11 is 1.51. The first-order valence-corrected chi connectivity index (χ1v) is 10.6. The van der Waals surface area contributed by atoms with Gasteiger partial charge < -0.3 is 15.1 Å². The van der Waals surface area contributed by atoms with E-state index in [1.165, 1.54) is 11.3 Å². The van der Waals surface area contributed by atoms with Crippen molar-refractivity contribution in [2.24, 2.45) is 5.41 Å². The molecule has 1 aromatic carbocycles. The normalized spacial score (nSPS) is 24.3. The van der Waals surface area contributed by atoms with Crippen LogP contribution in [0, 0.1) is 12.3 Å². The predicted molar refractivity (Wildman–Crippen MR) is 112 cm³/mol. The van der Waals surface area contributed by atoms with E-state index in [4.69, 9.17) is 0 Å². The molecule has 0 saturated carbocycles. The molecule has 2 fully saturated rings. The van der Waals surface area contributed by atoms with Crippen molar-refractivity contribution in [2.45, 2.75) is 19.8 Å². The Bertz CT molecular complexity index is 971. The van der Waals surface area contributed by atoms with E-state index in [0.29, 0.717) is 11.3 Å². The molecule has 2 aromatic rings. The van der Waals surface area contributed by atoms with Gasteiger partial charge in [0.1, 0.15) is 0 Å². The van der Waals surface area contributed by atoms with Gasteiger partial charge in [-0.25, -0.2) is 4.79 Å². The minimum atomic E-state index is -0.155. The molecule has 1 atom stereocenters. The summed E-state index contributed by atoms with van der Waals surface area (Å²) in [5.41, 5.74) is 2.93. The van der Waals surface area contributed by atoms with Crippen molar-refractivity contribution in [3.05, 3.63) is 40.1 Å². The molecule has 4 heterocycles. The van der Waals surface area contributed by atoms with Gasteiger partial charge in [-0.2, -0.15) is 0 Å². The van der Waals surface area contributed by atoms with Gasteiger partial charge in [-0.15, -0.1) is 11.3 Å². The Kier molecular flexibility index (Phi) is 4.00. The molecule has 1 N–H and O–H groups in total. The van der Waals surface area contributed by atoms with Crippen LogP contribution in [0.5, 0.6) is 0 Å². The standard InChI is InChI=1S/C21H24N4O2S/c1-14-18-15(11-28-14)19(26)22-16-5-3-4-6-17(16)25(18)20(27)24-10-8-21(13-24)7-9-23(2)12-21/h3-6,11H,7-10,12-13H2,1-2H3,(H,22,26). The van der Waals surface area contributed by atoms with Crippen molar-refractivity contribution < 1.29 is 9.59 Å². The molecule has 146 valence electrons. The van der Waals surface area contributed by atoms with Crippen molar-refractivity contribution in [2.75, 3.05) is 43.4 Å². The van der Waals surface area contributed by atoms with E-state index in [2.05, 4.69) is 17.3 Å². The molecular weight excluding hydrogens is 372 g/mol. The van der Waals surface area contributed by atoms with Crippen molar-refractivity contribution in [1.29, 1.82) is 0 Å². The molecule has 3 aliphatic heterocycles. The highest BCUT2D eigenvalue weighted by Crippen LogP contribution is 2.45. The SMILES string of the molecule is Cc1scc2c1N(C(=O)N1CCC3(CCN(C)C3)C1)c1ccccc1NC2=O. The quantitative estimate of drug-likeness (QED) is 0.735. The van der Waals surface area contributed by atoms with Gasteiger partial charge in [0.25, 0.3) is 5.91 Å². The van der Waals surface area contributed by atoms with Gasteiger partial charge >= 0.3 is 6.03 Å². The van der Waals surface area contributed by atoms with Crippen LogP contribution in [0.2, 0.25) is 0 Å². The summed E-state index contributed by atoms with van der Waals surface area (Å²) in [6.45, 7) is 5.68. The van der Waals surface area contributed by atoms with Crippen LogP contribution in [0.1, 0.15) is 28.1 Å². The van der Waals surface area contributed by atoms with Gasteiger partial charge in [0, 0.05) is 35.3 Å². The molecule has 3 aliphatic rings. The van der Waals surface area contributed by atoms with E-state index in [0.717, 1.165) is 55.3 Å². The number of amides is 3. The Morgan fingerprint density at radius 1 is 1.18 bits per heavy atom. The maximum Gasteiger partial charge on any atom is 0.329 e. The zero-order valence-electron chi connectivity index (χ0n) is 16.2. The zero-order chi connectivity index (χ0) is 19.5. The first-order chi connectivity index (χ1) is 13.5. The first-order valence-electron chi connectivity index (χ1n) is 9.73. The average molecular weight is 397 g/mol. The van der Waals surface area contributed by atoms with Crippen LogP contribution >= 0.6 is 11.3 Å². The average Bonchev–Trinajstić information content (AvgIpc) is 3.35. The third-order valence-electron chi connectivity index (χ3n) is 6.33. The number of thiophene rings is 1. The lowest BCUT2D eigenvalue weighted by atomic mass is 9.86. The van der Waals surface area contributed by atoms with E-state index in [-0.39, 0.29) is 17.4 Å². The van der Waals surface area contributed by atoms with Crippen molar-refractivity contribution in [3.63, 3.8) is 0 Å². The van der Waals surface area contributed by atoms with Gasteiger partial charge in [0.2, 0.25) is 0 Å². The topological polar surface area (TPSA) is 55.9 Å². The van der Waals surface area contributed by atoms with E-state index in [9.17, 15) is 9.59 Å². The van der Waals surface area contributed by atoms with Crippen molar-refractivity contribution in [3.8, 4) is 0 Å². The van der Waals surface area contributed by atoms with Crippen LogP contribution in [-0.4, -0.2) is 55.0 Å². The van der Waals surface area contributed by atoms with Crippen molar-refractivity contribution >= 4 is 40.3 Å². The molecular formula is C21H24N4O2S. The zero-order valence-corrected chi connectivity index (χ0v) is 17.0. The summed E-state index contributed by atoms with van der Waals surface area (Å²) in [4.78, 5) is 33.6. The minimum Gasteiger partial charge on any atom is -0.323 e. The Hall–Kier alpha value is -2.38. The summed E-state index contributed by atoms with van der Waals surface area (Å²) in [5.74, 6) is -0.155. The highest BCUT2D eigenvalue weighted by molar-refractivity contribution is 7.11. The number of aryl methyl sites for hydroxylation is 1. The molecule has 28 heavy (non-hydrogen) atoms. The van der Waals surface area contributed by atoms with Gasteiger partial charge in [-0.05, 0) is 45.5 Å². The molecule has 0 radical (unpaired) electrons. The maximum absolute atomic E-state index is 13.8. The number of fused-ring (bicyclic) bond motifs is 2. The molecule has 2 saturated heterocycles. The second-order valence-corrected chi connectivity index (χ2v) is 9.39. The fourth-order valence-corrected chi connectivity index (χ4v) is 5.73. The molecule has 6 nitrogen and oxygen atoms in total. The van der Waals surface area contributed by atoms with Crippen molar-refractivity contribution in [1.82, 2.24) is 9.80 Å². The fourth-order valence-electron chi connectivity index (χ4n) is 4.90. The molecule has 0 bridgehead atoms. The lowest BCUT2D eigenvalue weighted by Gasteiger charge is -2.30. The molecule has 1 unspecified atom stereocenters. The summed E-state index contributed by atoms with van der Waals surface area (Å²) in [6, 6.07) is 7.53. The van der Waals surface area contributed by atoms with E-state index in [1.54, 1.807) is 4.90 Å². The molecule has 1 aromatic heterocycles. The Balaban J connectivity index is 1.56. The summed E-state index contributed by atoms with van der Waals surface area (Å²) in [7, 11) is 2.16. The lowest BCUT2D eigenvalue weighted by Crippen LogP contribution is -2.41. The number of likely N-dealkylation sites (tertiary alicyclic amines) is 2. The number of urea groups is 1. The Morgan fingerprint density at radius 3 is 2.75 bits per heavy atom. The number of hydrogen-bond acceptors (Lipinski definition) is 4. The summed E-state index contributed by atoms with van der Waals surface area (Å²) in [6.07, 6.45) is 2.19. The number of hydrogen-bond donors (Lipinski definition) is 1. The number of nitrogens with one attached hydrogen (secondary N) is 1. The van der Waals surface area contributed by atoms with Gasteiger partial charge in [0.05, 0.1) is 22.6 Å². The molecule has 3 amide bonds. The monoisotopic (exact) mass is 396 g/mol. The Labute approximate surface area is 168 Å². The van der Waals surface area contributed by atoms with Crippen LogP contribution < -0.4 is 10.2 Å². The van der Waals surface area contributed by atoms with E-state index < -0.39 is 0 Å². The second-order valence-electron chi connectivity index (χ2n) is 8.30. The van der Waals surface area contributed by atoms with E-state index in [1.807, 2.05) is 41.5 Å². The van der Waals surface area contributed by atoms with Crippen LogP contribution in [0.15, 0.2) is 29.6 Å². The molecule has 0 aliphatic carbocycles. The second kappa shape index (κ2) is 6.32. The largest absolute Gasteiger partial charge is 0.329 e. The number of anilines is 3. The van der Waals surface area contributed by atoms with Crippen LogP contribution in [0.4, 0.5) is 21.9 Å². The summed E-state index contributed by atoms with van der Waals surface area (Å²) in [5, 5.41) is 4.82. The Morgan fingerprint density at radius 2 is 1.96 bits per heavy atom.